The van der Waals surface area contributed by atoms with Crippen LogP contribution in [0.4, 0.5) is 5.82 Å². The molecule has 0 fully saturated rings. The van der Waals surface area contributed by atoms with Crippen LogP contribution in [0.25, 0.3) is 11.2 Å². The van der Waals surface area contributed by atoms with Gasteiger partial charge in [0.1, 0.15) is 23.7 Å². The predicted molar refractivity (Wildman–Crippen MR) is 147 cm³/mol. The van der Waals surface area contributed by atoms with Crippen LogP contribution in [0.1, 0.15) is 60.8 Å². The van der Waals surface area contributed by atoms with Crippen LogP contribution in [0.5, 0.6) is 0 Å². The van der Waals surface area contributed by atoms with Gasteiger partial charge in [0.15, 0.2) is 23.6 Å². The van der Waals surface area contributed by atoms with E-state index in [1.54, 1.807) is 45.5 Å². The summed E-state index contributed by atoms with van der Waals surface area (Å²) in [5.74, 6) is -1.36. The molecule has 2 atom stereocenters. The number of carbonyl (C=O) groups is 2. The molecule has 0 aliphatic rings. The largest absolute Gasteiger partial charge is 0.478 e. The van der Waals surface area contributed by atoms with Gasteiger partial charge in [-0.3, -0.25) is 4.79 Å². The van der Waals surface area contributed by atoms with Gasteiger partial charge < -0.3 is 33.8 Å². The van der Waals surface area contributed by atoms with Crippen molar-refractivity contribution in [1.29, 1.82) is 0 Å². The number of unbranched alkanes of at least 4 members (excludes halogenated alkanes) is 2. The van der Waals surface area contributed by atoms with Crippen molar-refractivity contribution in [3.05, 3.63) is 25.0 Å². The lowest BCUT2D eigenvalue weighted by Gasteiger charge is -2.31. The van der Waals surface area contributed by atoms with E-state index in [4.69, 9.17) is 24.7 Å². The first-order chi connectivity index (χ1) is 18.3. The summed E-state index contributed by atoms with van der Waals surface area (Å²) in [5, 5.41) is 2.86. The molecule has 13 nitrogen and oxygen atoms in total. The summed E-state index contributed by atoms with van der Waals surface area (Å²) in [6.07, 6.45) is 3.95. The van der Waals surface area contributed by atoms with Crippen LogP contribution in [-0.4, -0.2) is 68.5 Å². The number of nitrogens with zero attached hydrogens (tertiary/aromatic N) is 4. The van der Waals surface area contributed by atoms with Crippen LogP contribution >= 0.6 is 7.29 Å². The van der Waals surface area contributed by atoms with Gasteiger partial charge in [-0.1, -0.05) is 19.8 Å². The van der Waals surface area contributed by atoms with Gasteiger partial charge in [-0.25, -0.2) is 24.8 Å². The zero-order valence-corrected chi connectivity index (χ0v) is 24.5. The van der Waals surface area contributed by atoms with Crippen molar-refractivity contribution < 1.29 is 33.1 Å². The summed E-state index contributed by atoms with van der Waals surface area (Å²) in [5.41, 5.74) is 5.52. The molecule has 3 N–H and O–H groups in total. The number of nitrogens with two attached hydrogens (primary N) is 1. The second-order valence-corrected chi connectivity index (χ2v) is 12.6. The maximum absolute atomic E-state index is 14.0. The summed E-state index contributed by atoms with van der Waals surface area (Å²) in [4.78, 5) is 37.3. The summed E-state index contributed by atoms with van der Waals surface area (Å²) < 4.78 is 37.6. The molecule has 2 aromatic rings. The maximum atomic E-state index is 14.0. The number of nitrogens with one attached hydrogen (secondary N) is 1. The third-order valence-corrected chi connectivity index (χ3v) is 7.52. The maximum Gasteiger partial charge on any atom is 0.372 e. The quantitative estimate of drug-likeness (QED) is 0.0936. The molecule has 0 aliphatic heterocycles. The monoisotopic (exact) mass is 568 g/mol. The minimum atomic E-state index is -3.60. The van der Waals surface area contributed by atoms with E-state index in [9.17, 15) is 14.2 Å². The van der Waals surface area contributed by atoms with Crippen LogP contribution in [0.3, 0.4) is 0 Å². The molecule has 218 valence electrons. The summed E-state index contributed by atoms with van der Waals surface area (Å²) in [6, 6.07) is 0. The molecule has 2 rings (SSSR count). The van der Waals surface area contributed by atoms with Gasteiger partial charge in [-0.05, 0) is 47.6 Å². The fraction of sp³-hybridized carbons (Fsp3) is 0.640. The number of rotatable bonds is 17. The number of imidazole rings is 1. The van der Waals surface area contributed by atoms with Crippen LogP contribution in [-0.2, 0) is 39.6 Å². The van der Waals surface area contributed by atoms with Gasteiger partial charge in [-0.2, -0.15) is 0 Å². The number of fused-ring (bicyclic) bond motifs is 1. The van der Waals surface area contributed by atoms with Crippen LogP contribution in [0, 0.1) is 0 Å². The standard InChI is InChI=1S/C25H41N6O7P/c1-8-9-10-11-35-23(32)19(5)37-16-39(34,30-25(6,7)24(33)38-17(2)3)15-36-18(4)12-31-14-29-20-21(26)27-13-28-22(20)31/h13-14,17-18H,5,8-12,15-16H2,1-4,6-7H3,(H,30,34)(H2,26,27,28)/t18-,39-/m1/s1. The molecule has 0 unspecified atom stereocenters. The highest BCUT2D eigenvalue weighted by molar-refractivity contribution is 7.61. The predicted octanol–water partition coefficient (Wildman–Crippen LogP) is 3.59. The first-order valence-electron chi connectivity index (χ1n) is 12.9. The molecule has 14 heteroatoms. The first kappa shape index (κ1) is 32.2. The van der Waals surface area contributed by atoms with E-state index in [2.05, 4.69) is 26.6 Å². The smallest absolute Gasteiger partial charge is 0.372 e. The lowest BCUT2D eigenvalue weighted by atomic mass is 10.1. The minimum Gasteiger partial charge on any atom is -0.478 e. The van der Waals surface area contributed by atoms with Gasteiger partial charge in [0.25, 0.3) is 0 Å². The lowest BCUT2D eigenvalue weighted by Crippen LogP contribution is -2.47. The number of aromatic nitrogens is 4. The SMILES string of the molecule is C=C(OC[P@](=O)(CO[C@H](C)Cn1cnc2c(N)ncnc21)NC(C)(C)C(=O)OC(C)C)C(=O)OCCCCC. The number of hydrogen-bond acceptors (Lipinski definition) is 11. The molecule has 0 bridgehead atoms. The Bertz CT molecular complexity index is 1180. The molecule has 0 aromatic carbocycles. The Morgan fingerprint density at radius 2 is 1.87 bits per heavy atom. The summed E-state index contributed by atoms with van der Waals surface area (Å²) in [7, 11) is -3.60. The van der Waals surface area contributed by atoms with E-state index >= 15 is 0 Å². The Kier molecular flexibility index (Phi) is 11.9. The second-order valence-electron chi connectivity index (χ2n) is 10.1. The molecule has 2 aromatic heterocycles. The molecule has 0 aliphatic carbocycles. The van der Waals surface area contributed by atoms with Gasteiger partial charge in [0.2, 0.25) is 7.29 Å². The highest BCUT2D eigenvalue weighted by Gasteiger charge is 2.39. The zero-order chi connectivity index (χ0) is 29.2. The average Bonchev–Trinajstić information content (AvgIpc) is 3.27. The molecular weight excluding hydrogens is 527 g/mol. The van der Waals surface area contributed by atoms with E-state index in [1.165, 1.54) is 6.33 Å². The van der Waals surface area contributed by atoms with Gasteiger partial charge >= 0.3 is 11.9 Å². The Labute approximate surface area is 229 Å². The normalized spacial score (nSPS) is 14.1. The van der Waals surface area contributed by atoms with Gasteiger partial charge in [0, 0.05) is 0 Å². The van der Waals surface area contributed by atoms with Crippen molar-refractivity contribution in [3.8, 4) is 0 Å². The third kappa shape index (κ3) is 9.90. The molecule has 0 amide bonds. The number of hydrogen-bond donors (Lipinski definition) is 2. The lowest BCUT2D eigenvalue weighted by molar-refractivity contribution is -0.153. The van der Waals surface area contributed by atoms with Crippen LogP contribution in [0.15, 0.2) is 25.0 Å². The topological polar surface area (TPSA) is 170 Å². The third-order valence-electron chi connectivity index (χ3n) is 5.44. The van der Waals surface area contributed by atoms with E-state index < -0.39 is 37.2 Å². The Balaban J connectivity index is 2.10. The van der Waals surface area contributed by atoms with Crippen molar-refractivity contribution in [2.75, 3.05) is 25.0 Å². The van der Waals surface area contributed by atoms with E-state index in [0.717, 1.165) is 19.3 Å². The number of ether oxygens (including phenoxy) is 4. The van der Waals surface area contributed by atoms with E-state index in [1.807, 2.05) is 6.92 Å². The highest BCUT2D eigenvalue weighted by atomic mass is 31.2. The molecule has 2 heterocycles. The zero-order valence-electron chi connectivity index (χ0n) is 23.6. The molecule has 0 saturated heterocycles. The van der Waals surface area contributed by atoms with Crippen LogP contribution in [0.2, 0.25) is 0 Å². The van der Waals surface area contributed by atoms with Gasteiger partial charge in [0.05, 0.1) is 31.7 Å². The molecule has 39 heavy (non-hydrogen) atoms. The summed E-state index contributed by atoms with van der Waals surface area (Å²) in [6.45, 7) is 14.5. The summed E-state index contributed by atoms with van der Waals surface area (Å²) >= 11 is 0. The first-order valence-corrected chi connectivity index (χ1v) is 15.0. The van der Waals surface area contributed by atoms with Crippen molar-refractivity contribution in [2.45, 2.75) is 85.1 Å². The second kappa shape index (κ2) is 14.4. The fourth-order valence-electron chi connectivity index (χ4n) is 3.47. The number of nitrogen functional groups attached to an aromatic ring is 1. The van der Waals surface area contributed by atoms with Crippen molar-refractivity contribution >= 4 is 36.2 Å². The fourth-order valence-corrected chi connectivity index (χ4v) is 5.64. The van der Waals surface area contributed by atoms with Gasteiger partial charge in [-0.15, -0.1) is 0 Å². The Morgan fingerprint density at radius 1 is 1.15 bits per heavy atom. The molecular formula is C25H41N6O7P. The highest BCUT2D eigenvalue weighted by Crippen LogP contribution is 2.44. The molecule has 0 radical (unpaired) electrons. The van der Waals surface area contributed by atoms with E-state index in [-0.39, 0.29) is 30.6 Å². The number of esters is 2. The Hall–Kier alpha value is -3.02. The van der Waals surface area contributed by atoms with Crippen molar-refractivity contribution in [1.82, 2.24) is 24.6 Å². The molecule has 0 spiro atoms. The number of anilines is 1. The minimum absolute atomic E-state index is 0.235. The molecule has 0 saturated carbocycles. The van der Waals surface area contributed by atoms with Crippen molar-refractivity contribution in [3.63, 3.8) is 0 Å². The van der Waals surface area contributed by atoms with Crippen LogP contribution < -0.4 is 10.8 Å². The number of carbonyl (C=O) groups excluding carboxylic acids is 2. The Morgan fingerprint density at radius 3 is 2.54 bits per heavy atom. The average molecular weight is 569 g/mol. The van der Waals surface area contributed by atoms with Crippen molar-refractivity contribution in [2.24, 2.45) is 0 Å². The van der Waals surface area contributed by atoms with E-state index in [0.29, 0.717) is 17.7 Å².